The van der Waals surface area contributed by atoms with Crippen molar-refractivity contribution >= 4 is 16.9 Å². The van der Waals surface area contributed by atoms with Crippen molar-refractivity contribution in [3.8, 4) is 5.75 Å². The predicted octanol–water partition coefficient (Wildman–Crippen LogP) is 5.37. The summed E-state index contributed by atoms with van der Waals surface area (Å²) in [7, 11) is 0. The van der Waals surface area contributed by atoms with Crippen LogP contribution in [0.15, 0.2) is 53.3 Å². The van der Waals surface area contributed by atoms with E-state index in [2.05, 4.69) is 32.2 Å². The van der Waals surface area contributed by atoms with Gasteiger partial charge in [-0.15, -0.1) is 0 Å². The van der Waals surface area contributed by atoms with Gasteiger partial charge in [-0.1, -0.05) is 11.2 Å². The highest BCUT2D eigenvalue weighted by atomic mass is 16.5. The molecule has 0 spiro atoms. The zero-order valence-electron chi connectivity index (χ0n) is 20.2. The van der Waals surface area contributed by atoms with Crippen molar-refractivity contribution in [2.45, 2.75) is 64.6 Å². The molecule has 7 nitrogen and oxygen atoms in total. The summed E-state index contributed by atoms with van der Waals surface area (Å²) in [5.41, 5.74) is 4.70. The van der Waals surface area contributed by atoms with Crippen molar-refractivity contribution < 1.29 is 14.1 Å². The van der Waals surface area contributed by atoms with Gasteiger partial charge in [0, 0.05) is 35.4 Å². The third-order valence-electron chi connectivity index (χ3n) is 7.69. The van der Waals surface area contributed by atoms with Gasteiger partial charge in [0.2, 0.25) is 0 Å². The average molecular weight is 471 g/mol. The second-order valence-corrected chi connectivity index (χ2v) is 10.0. The number of carbonyl (C=O) groups excluding carboxylic acids is 1. The van der Waals surface area contributed by atoms with Crippen molar-refractivity contribution in [2.75, 3.05) is 0 Å². The molecule has 2 unspecified atom stereocenters. The number of aryl methyl sites for hydroxylation is 2. The van der Waals surface area contributed by atoms with Crippen molar-refractivity contribution in [3.05, 3.63) is 76.9 Å². The number of nitrogens with one attached hydrogen (secondary N) is 1. The minimum atomic E-state index is 0.120. The molecule has 6 rings (SSSR count). The van der Waals surface area contributed by atoms with E-state index in [4.69, 9.17) is 9.26 Å². The summed E-state index contributed by atoms with van der Waals surface area (Å²) in [6, 6.07) is 12.5. The molecule has 2 fully saturated rings. The number of benzene rings is 1. The zero-order chi connectivity index (χ0) is 23.9. The van der Waals surface area contributed by atoms with Crippen LogP contribution in [-0.4, -0.2) is 38.0 Å². The molecular weight excluding hydrogens is 440 g/mol. The number of hydrogen-bond donors (Lipinski definition) is 1. The minimum Gasteiger partial charge on any atom is -0.489 e. The maximum absolute atomic E-state index is 13.6. The molecular formula is C28H30N4O3. The molecule has 5 heterocycles. The Hall–Kier alpha value is -3.61. The van der Waals surface area contributed by atoms with Gasteiger partial charge in [-0.05, 0) is 87.8 Å². The third-order valence-corrected chi connectivity index (χ3v) is 7.69. The van der Waals surface area contributed by atoms with Crippen molar-refractivity contribution in [1.82, 2.24) is 20.0 Å². The number of carbonyl (C=O) groups is 1. The molecule has 2 aliphatic heterocycles. The highest BCUT2D eigenvalue weighted by molar-refractivity contribution is 5.95. The lowest BCUT2D eigenvalue weighted by Gasteiger charge is -2.39. The number of aromatic nitrogens is 3. The van der Waals surface area contributed by atoms with E-state index in [0.29, 0.717) is 35.9 Å². The Bertz CT molecular complexity index is 1340. The van der Waals surface area contributed by atoms with Crippen LogP contribution in [0.25, 0.3) is 11.0 Å². The van der Waals surface area contributed by atoms with Gasteiger partial charge in [-0.25, -0.2) is 4.98 Å². The molecule has 4 aromatic rings. The molecule has 2 saturated heterocycles. The van der Waals surface area contributed by atoms with Gasteiger partial charge in [0.1, 0.15) is 23.8 Å². The standard InChI is InChI=1S/C28H30N4O3/c1-17-26(18(2)35-31-17)16-34-25-5-3-4-22(14-25)28(33)32-23-6-7-24(32)13-19(12-23)10-20-11-21-8-9-29-27(21)30-15-20/h3-5,8-9,11,14-15,19,23-24H,6-7,10,12-13,16H2,1-2H3,(H,29,30). The van der Waals surface area contributed by atoms with Crippen molar-refractivity contribution in [3.63, 3.8) is 0 Å². The second-order valence-electron chi connectivity index (χ2n) is 10.0. The molecule has 3 aromatic heterocycles. The summed E-state index contributed by atoms with van der Waals surface area (Å²) in [4.78, 5) is 23.4. The molecule has 7 heteroatoms. The van der Waals surface area contributed by atoms with Gasteiger partial charge >= 0.3 is 0 Å². The van der Waals surface area contributed by atoms with Gasteiger partial charge in [0.25, 0.3) is 5.91 Å². The first-order valence-corrected chi connectivity index (χ1v) is 12.4. The first-order valence-electron chi connectivity index (χ1n) is 12.4. The minimum absolute atomic E-state index is 0.120. The normalized spacial score (nSPS) is 21.5. The number of H-pyrrole nitrogens is 1. The van der Waals surface area contributed by atoms with E-state index in [9.17, 15) is 4.79 Å². The molecule has 2 atom stereocenters. The molecule has 0 saturated carbocycles. The number of amides is 1. The number of hydrogen-bond acceptors (Lipinski definition) is 5. The van der Waals surface area contributed by atoms with E-state index >= 15 is 0 Å². The van der Waals surface area contributed by atoms with Crippen LogP contribution < -0.4 is 4.74 Å². The molecule has 1 aromatic carbocycles. The molecule has 35 heavy (non-hydrogen) atoms. The molecule has 180 valence electrons. The molecule has 0 aliphatic carbocycles. The highest BCUT2D eigenvalue weighted by Crippen LogP contribution is 2.41. The SMILES string of the molecule is Cc1noc(C)c1COc1cccc(C(=O)N2C3CCC2CC(Cc2cnc4[nH]ccc4c2)C3)c1. The van der Waals surface area contributed by atoms with Gasteiger partial charge in [-0.2, -0.15) is 0 Å². The van der Waals surface area contributed by atoms with Crippen LogP contribution in [-0.2, 0) is 13.0 Å². The summed E-state index contributed by atoms with van der Waals surface area (Å²) in [6.45, 7) is 4.16. The first-order chi connectivity index (χ1) is 17.0. The van der Waals surface area contributed by atoms with Crippen LogP contribution in [0.2, 0.25) is 0 Å². The van der Waals surface area contributed by atoms with Crippen molar-refractivity contribution in [1.29, 1.82) is 0 Å². The zero-order valence-corrected chi connectivity index (χ0v) is 20.2. The Morgan fingerprint density at radius 2 is 2.00 bits per heavy atom. The van der Waals surface area contributed by atoms with E-state index in [1.165, 1.54) is 5.56 Å². The lowest BCUT2D eigenvalue weighted by Crippen LogP contribution is -2.46. The van der Waals surface area contributed by atoms with Crippen LogP contribution in [0.3, 0.4) is 0 Å². The van der Waals surface area contributed by atoms with Gasteiger partial charge in [-0.3, -0.25) is 4.79 Å². The lowest BCUT2D eigenvalue weighted by atomic mass is 9.85. The van der Waals surface area contributed by atoms with Gasteiger partial charge in [0.15, 0.2) is 0 Å². The summed E-state index contributed by atoms with van der Waals surface area (Å²) in [5, 5.41) is 5.14. The molecule has 2 bridgehead atoms. The summed E-state index contributed by atoms with van der Waals surface area (Å²) in [6.07, 6.45) is 9.23. The number of aromatic amines is 1. The maximum Gasteiger partial charge on any atom is 0.254 e. The van der Waals surface area contributed by atoms with Crippen LogP contribution >= 0.6 is 0 Å². The summed E-state index contributed by atoms with van der Waals surface area (Å²) in [5.74, 6) is 2.15. The van der Waals surface area contributed by atoms with E-state index in [-0.39, 0.29) is 5.91 Å². The largest absolute Gasteiger partial charge is 0.489 e. The fraction of sp³-hybridized carbons (Fsp3) is 0.393. The summed E-state index contributed by atoms with van der Waals surface area (Å²) >= 11 is 0. The number of pyridine rings is 1. The smallest absolute Gasteiger partial charge is 0.254 e. The fourth-order valence-corrected chi connectivity index (χ4v) is 5.95. The Balaban J connectivity index is 1.12. The van der Waals surface area contributed by atoms with Crippen LogP contribution in [0.1, 0.15) is 58.6 Å². The Morgan fingerprint density at radius 1 is 1.17 bits per heavy atom. The second kappa shape index (κ2) is 8.87. The van der Waals surface area contributed by atoms with E-state index in [0.717, 1.165) is 60.2 Å². The highest BCUT2D eigenvalue weighted by Gasteiger charge is 2.43. The molecule has 1 N–H and O–H groups in total. The number of nitrogens with zero attached hydrogens (tertiary/aromatic N) is 3. The van der Waals surface area contributed by atoms with Gasteiger partial charge < -0.3 is 19.1 Å². The molecule has 1 amide bonds. The number of fused-ring (bicyclic) bond motifs is 3. The monoisotopic (exact) mass is 470 g/mol. The molecule has 2 aliphatic rings. The van der Waals surface area contributed by atoms with E-state index in [1.807, 2.05) is 50.5 Å². The quantitative estimate of drug-likeness (QED) is 0.409. The van der Waals surface area contributed by atoms with Gasteiger partial charge in [0.05, 0.1) is 11.3 Å². The summed E-state index contributed by atoms with van der Waals surface area (Å²) < 4.78 is 11.2. The van der Waals surface area contributed by atoms with Crippen molar-refractivity contribution in [2.24, 2.45) is 5.92 Å². The predicted molar refractivity (Wildman–Crippen MR) is 132 cm³/mol. The Morgan fingerprint density at radius 3 is 2.77 bits per heavy atom. The fourth-order valence-electron chi connectivity index (χ4n) is 5.95. The van der Waals surface area contributed by atoms with E-state index < -0.39 is 0 Å². The van der Waals surface area contributed by atoms with Crippen LogP contribution in [0.5, 0.6) is 5.75 Å². The Labute approximate surface area is 204 Å². The van der Waals surface area contributed by atoms with Crippen LogP contribution in [0, 0.1) is 19.8 Å². The number of rotatable bonds is 6. The molecule has 0 radical (unpaired) electrons. The van der Waals surface area contributed by atoms with Crippen LogP contribution in [0.4, 0.5) is 0 Å². The lowest BCUT2D eigenvalue weighted by molar-refractivity contribution is 0.0524. The number of ether oxygens (including phenoxy) is 1. The topological polar surface area (TPSA) is 84.2 Å². The first kappa shape index (κ1) is 21.9. The van der Waals surface area contributed by atoms with E-state index in [1.54, 1.807) is 0 Å². The Kier molecular flexibility index (Phi) is 5.55. The number of piperidine rings is 1. The average Bonchev–Trinajstić information content (AvgIpc) is 3.53. The third kappa shape index (κ3) is 4.20. The maximum atomic E-state index is 13.6.